The Morgan fingerprint density at radius 1 is 1.15 bits per heavy atom. The number of benzene rings is 1. The van der Waals surface area contributed by atoms with Crippen molar-refractivity contribution in [3.63, 3.8) is 0 Å². The number of hydrogen-bond donors (Lipinski definition) is 1. The molecule has 112 valence electrons. The van der Waals surface area contributed by atoms with Gasteiger partial charge in [0.05, 0.1) is 10.7 Å². The molecule has 0 aliphatic carbocycles. The average molecular weight is 300 g/mol. The lowest BCUT2D eigenvalue weighted by Crippen LogP contribution is -2.26. The molecule has 0 bridgehead atoms. The normalized spacial score (nSPS) is 11.4. The molecule has 20 heavy (non-hydrogen) atoms. The minimum atomic E-state index is -3.37. The average Bonchev–Trinajstić information content (AvgIpc) is 2.38. The minimum absolute atomic E-state index is 0.0429. The number of non-ortho nitro benzene ring substituents is 1. The number of sulfonamides is 1. The first kappa shape index (κ1) is 16.6. The SMILES string of the molecule is CCCCCCNS(=O)(=O)Cc1ccc([N+](=O)[O-])cc1. The topological polar surface area (TPSA) is 89.3 Å². The van der Waals surface area contributed by atoms with Gasteiger partial charge in [0.15, 0.2) is 0 Å². The van der Waals surface area contributed by atoms with Gasteiger partial charge < -0.3 is 0 Å². The highest BCUT2D eigenvalue weighted by Gasteiger charge is 2.12. The highest BCUT2D eigenvalue weighted by Crippen LogP contribution is 2.13. The van der Waals surface area contributed by atoms with Crippen LogP contribution in [0.1, 0.15) is 38.2 Å². The number of nitrogens with zero attached hydrogens (tertiary/aromatic N) is 1. The summed E-state index contributed by atoms with van der Waals surface area (Å²) in [6.45, 7) is 2.54. The number of nitrogens with one attached hydrogen (secondary N) is 1. The molecule has 0 spiro atoms. The Morgan fingerprint density at radius 2 is 1.80 bits per heavy atom. The highest BCUT2D eigenvalue weighted by atomic mass is 32.2. The molecule has 0 fully saturated rings. The second kappa shape index (κ2) is 7.96. The first-order valence-electron chi connectivity index (χ1n) is 6.65. The van der Waals surface area contributed by atoms with E-state index in [2.05, 4.69) is 11.6 Å². The van der Waals surface area contributed by atoms with Gasteiger partial charge in [-0.25, -0.2) is 13.1 Å². The zero-order valence-electron chi connectivity index (χ0n) is 11.5. The van der Waals surface area contributed by atoms with Crippen molar-refractivity contribution in [2.24, 2.45) is 0 Å². The summed E-state index contributed by atoms with van der Waals surface area (Å²) in [7, 11) is -3.37. The van der Waals surface area contributed by atoms with E-state index < -0.39 is 14.9 Å². The van der Waals surface area contributed by atoms with Crippen LogP contribution in [0.25, 0.3) is 0 Å². The fourth-order valence-electron chi connectivity index (χ4n) is 1.76. The molecular weight excluding hydrogens is 280 g/mol. The first-order valence-corrected chi connectivity index (χ1v) is 8.30. The van der Waals surface area contributed by atoms with Gasteiger partial charge in [0.25, 0.3) is 5.69 Å². The van der Waals surface area contributed by atoms with Crippen LogP contribution >= 0.6 is 0 Å². The molecule has 1 N–H and O–H groups in total. The Labute approximate surface area is 119 Å². The van der Waals surface area contributed by atoms with E-state index >= 15 is 0 Å². The van der Waals surface area contributed by atoms with Crippen molar-refractivity contribution in [2.75, 3.05) is 6.54 Å². The molecule has 0 amide bonds. The van der Waals surface area contributed by atoms with Crippen LogP contribution in [-0.2, 0) is 15.8 Å². The van der Waals surface area contributed by atoms with Crippen molar-refractivity contribution < 1.29 is 13.3 Å². The molecule has 0 atom stereocenters. The molecular formula is C13H20N2O4S. The largest absolute Gasteiger partial charge is 0.269 e. The predicted octanol–water partition coefficient (Wildman–Crippen LogP) is 2.59. The Kier molecular flexibility index (Phi) is 6.60. The summed E-state index contributed by atoms with van der Waals surface area (Å²) in [5.74, 6) is -0.154. The van der Waals surface area contributed by atoms with Gasteiger partial charge in [0.1, 0.15) is 0 Å². The first-order chi connectivity index (χ1) is 9.44. The standard InChI is InChI=1S/C13H20N2O4S/c1-2-3-4-5-10-14-20(18,19)11-12-6-8-13(9-7-12)15(16)17/h6-9,14H,2-5,10-11H2,1H3. The number of unbranched alkanes of at least 4 members (excludes halogenated alkanes) is 3. The van der Waals surface area contributed by atoms with Crippen molar-refractivity contribution in [3.05, 3.63) is 39.9 Å². The van der Waals surface area contributed by atoms with E-state index in [1.807, 2.05) is 0 Å². The predicted molar refractivity (Wildman–Crippen MR) is 77.9 cm³/mol. The molecule has 1 aromatic carbocycles. The second-order valence-electron chi connectivity index (χ2n) is 4.64. The fraction of sp³-hybridized carbons (Fsp3) is 0.538. The van der Waals surface area contributed by atoms with Gasteiger partial charge in [-0.2, -0.15) is 0 Å². The van der Waals surface area contributed by atoms with Crippen LogP contribution < -0.4 is 4.72 Å². The van der Waals surface area contributed by atoms with Gasteiger partial charge in [-0.15, -0.1) is 0 Å². The molecule has 0 unspecified atom stereocenters. The van der Waals surface area contributed by atoms with E-state index in [9.17, 15) is 18.5 Å². The summed E-state index contributed by atoms with van der Waals surface area (Å²) < 4.78 is 26.2. The third-order valence-electron chi connectivity index (χ3n) is 2.86. The van der Waals surface area contributed by atoms with Gasteiger partial charge in [0.2, 0.25) is 10.0 Å². The van der Waals surface area contributed by atoms with Crippen molar-refractivity contribution in [3.8, 4) is 0 Å². The maximum absolute atomic E-state index is 11.8. The fourth-order valence-corrected chi connectivity index (χ4v) is 2.95. The summed E-state index contributed by atoms with van der Waals surface area (Å²) in [4.78, 5) is 9.99. The third kappa shape index (κ3) is 6.12. The van der Waals surface area contributed by atoms with Crippen LogP contribution in [0.5, 0.6) is 0 Å². The number of nitro benzene ring substituents is 1. The van der Waals surface area contributed by atoms with E-state index in [1.165, 1.54) is 24.3 Å². The molecule has 0 saturated heterocycles. The Hall–Kier alpha value is -1.47. The van der Waals surface area contributed by atoms with Crippen molar-refractivity contribution >= 4 is 15.7 Å². The van der Waals surface area contributed by atoms with Crippen LogP contribution in [0.15, 0.2) is 24.3 Å². The van der Waals surface area contributed by atoms with Gasteiger partial charge in [-0.3, -0.25) is 10.1 Å². The molecule has 0 saturated carbocycles. The number of hydrogen-bond acceptors (Lipinski definition) is 4. The lowest BCUT2D eigenvalue weighted by atomic mass is 10.2. The highest BCUT2D eigenvalue weighted by molar-refractivity contribution is 7.88. The Morgan fingerprint density at radius 3 is 2.35 bits per heavy atom. The van der Waals surface area contributed by atoms with Gasteiger partial charge in [-0.05, 0) is 12.0 Å². The number of rotatable bonds is 9. The molecule has 1 aromatic rings. The third-order valence-corrected chi connectivity index (χ3v) is 4.21. The molecule has 0 radical (unpaired) electrons. The van der Waals surface area contributed by atoms with Crippen LogP contribution in [-0.4, -0.2) is 19.9 Å². The van der Waals surface area contributed by atoms with E-state index in [0.29, 0.717) is 12.1 Å². The quantitative estimate of drug-likeness (QED) is 0.431. The molecule has 0 aromatic heterocycles. The van der Waals surface area contributed by atoms with Crippen molar-refractivity contribution in [2.45, 2.75) is 38.4 Å². The van der Waals surface area contributed by atoms with Crippen LogP contribution in [0.2, 0.25) is 0 Å². The summed E-state index contributed by atoms with van der Waals surface area (Å²) >= 11 is 0. The zero-order chi connectivity index (χ0) is 15.0. The van der Waals surface area contributed by atoms with Gasteiger partial charge in [0, 0.05) is 18.7 Å². The molecule has 6 nitrogen and oxygen atoms in total. The summed E-state index contributed by atoms with van der Waals surface area (Å²) in [5, 5.41) is 10.5. The smallest absolute Gasteiger partial charge is 0.258 e. The van der Waals surface area contributed by atoms with Crippen molar-refractivity contribution in [1.29, 1.82) is 0 Å². The second-order valence-corrected chi connectivity index (χ2v) is 6.44. The van der Waals surface area contributed by atoms with E-state index in [-0.39, 0.29) is 11.4 Å². The zero-order valence-corrected chi connectivity index (χ0v) is 12.4. The molecule has 0 aliphatic heterocycles. The monoisotopic (exact) mass is 300 g/mol. The van der Waals surface area contributed by atoms with E-state index in [1.54, 1.807) is 0 Å². The minimum Gasteiger partial charge on any atom is -0.258 e. The maximum Gasteiger partial charge on any atom is 0.269 e. The molecule has 0 heterocycles. The van der Waals surface area contributed by atoms with Crippen LogP contribution in [0.4, 0.5) is 5.69 Å². The summed E-state index contributed by atoms with van der Waals surface area (Å²) in [6.07, 6.45) is 4.05. The van der Waals surface area contributed by atoms with Crippen LogP contribution in [0, 0.1) is 10.1 Å². The summed E-state index contributed by atoms with van der Waals surface area (Å²) in [5.41, 5.74) is 0.496. The maximum atomic E-state index is 11.8. The number of nitro groups is 1. The lowest BCUT2D eigenvalue weighted by molar-refractivity contribution is -0.384. The van der Waals surface area contributed by atoms with Crippen molar-refractivity contribution in [1.82, 2.24) is 4.72 Å². The van der Waals surface area contributed by atoms with Crippen LogP contribution in [0.3, 0.4) is 0 Å². The Bertz CT molecular complexity index is 526. The van der Waals surface area contributed by atoms with Gasteiger partial charge >= 0.3 is 0 Å². The molecule has 1 rings (SSSR count). The Balaban J connectivity index is 2.47. The lowest BCUT2D eigenvalue weighted by Gasteiger charge is -2.06. The molecule has 7 heteroatoms. The van der Waals surface area contributed by atoms with Gasteiger partial charge in [-0.1, -0.05) is 38.3 Å². The van der Waals surface area contributed by atoms with E-state index in [0.717, 1.165) is 25.7 Å². The summed E-state index contributed by atoms with van der Waals surface area (Å²) in [6, 6.07) is 5.56. The molecule has 0 aliphatic rings. The van der Waals surface area contributed by atoms with E-state index in [4.69, 9.17) is 0 Å².